The van der Waals surface area contributed by atoms with E-state index >= 15 is 0 Å². The quantitative estimate of drug-likeness (QED) is 0.805. The van der Waals surface area contributed by atoms with Crippen LogP contribution >= 0.6 is 0 Å². The molecule has 0 saturated carbocycles. The van der Waals surface area contributed by atoms with Crippen LogP contribution in [0, 0.1) is 0 Å². The Bertz CT molecular complexity index is 333. The van der Waals surface area contributed by atoms with Gasteiger partial charge in [-0.25, -0.2) is 9.78 Å². The second-order valence-electron chi connectivity index (χ2n) is 3.49. The molecule has 15 heavy (non-hydrogen) atoms. The lowest BCUT2D eigenvalue weighted by Crippen LogP contribution is -2.19. The second kappa shape index (κ2) is 4.93. The molecule has 84 valence electrons. The standard InChI is InChI=1S/C10H16N2O3/c1-4-15-9(10(13)14)8-5-11-6-12(8)7(2)3/h5-7,9H,4H2,1-3H3,(H,13,14). The number of aromatic nitrogens is 2. The predicted octanol–water partition coefficient (Wildman–Crippen LogP) is 1.63. The molecule has 1 heterocycles. The zero-order valence-corrected chi connectivity index (χ0v) is 9.17. The third kappa shape index (κ3) is 2.56. The van der Waals surface area contributed by atoms with Crippen LogP contribution in [0.2, 0.25) is 0 Å². The summed E-state index contributed by atoms with van der Waals surface area (Å²) in [6.07, 6.45) is 2.23. The van der Waals surface area contributed by atoms with Crippen molar-refractivity contribution in [3.8, 4) is 0 Å². The molecular weight excluding hydrogens is 196 g/mol. The molecule has 0 aliphatic rings. The molecule has 1 rings (SSSR count). The van der Waals surface area contributed by atoms with Crippen molar-refractivity contribution in [1.29, 1.82) is 0 Å². The number of nitrogens with zero attached hydrogens (tertiary/aromatic N) is 2. The first-order valence-electron chi connectivity index (χ1n) is 4.94. The lowest BCUT2D eigenvalue weighted by Gasteiger charge is -2.17. The van der Waals surface area contributed by atoms with Gasteiger partial charge in [0.2, 0.25) is 0 Å². The molecule has 0 saturated heterocycles. The van der Waals surface area contributed by atoms with Crippen LogP contribution in [0.3, 0.4) is 0 Å². The molecule has 0 aliphatic carbocycles. The lowest BCUT2D eigenvalue weighted by atomic mass is 10.2. The van der Waals surface area contributed by atoms with Crippen molar-refractivity contribution in [1.82, 2.24) is 9.55 Å². The summed E-state index contributed by atoms with van der Waals surface area (Å²) in [5.41, 5.74) is 0.583. The van der Waals surface area contributed by atoms with Crippen molar-refractivity contribution in [2.75, 3.05) is 6.61 Å². The average Bonchev–Trinajstić information content (AvgIpc) is 2.61. The topological polar surface area (TPSA) is 64.3 Å². The molecule has 0 amide bonds. The van der Waals surface area contributed by atoms with Gasteiger partial charge in [0, 0.05) is 12.6 Å². The minimum atomic E-state index is -0.987. The molecule has 0 bridgehead atoms. The minimum absolute atomic E-state index is 0.171. The van der Waals surface area contributed by atoms with Gasteiger partial charge in [-0.15, -0.1) is 0 Å². The number of carbonyl (C=O) groups is 1. The van der Waals surface area contributed by atoms with Gasteiger partial charge in [0.1, 0.15) is 0 Å². The molecule has 5 heteroatoms. The lowest BCUT2D eigenvalue weighted by molar-refractivity contribution is -0.151. The Hall–Kier alpha value is -1.36. The third-order valence-electron chi connectivity index (χ3n) is 2.08. The largest absolute Gasteiger partial charge is 0.479 e. The number of rotatable bonds is 5. The molecular formula is C10H16N2O3. The van der Waals surface area contributed by atoms with Crippen molar-refractivity contribution in [3.05, 3.63) is 18.2 Å². The Morgan fingerprint density at radius 3 is 2.80 bits per heavy atom. The Morgan fingerprint density at radius 1 is 1.67 bits per heavy atom. The highest BCUT2D eigenvalue weighted by Crippen LogP contribution is 2.20. The summed E-state index contributed by atoms with van der Waals surface area (Å²) < 4.78 is 6.98. The maximum Gasteiger partial charge on any atom is 0.339 e. The SMILES string of the molecule is CCOC(C(=O)O)c1cncn1C(C)C. The van der Waals surface area contributed by atoms with E-state index in [0.717, 1.165) is 0 Å². The van der Waals surface area contributed by atoms with E-state index in [1.165, 1.54) is 6.20 Å². The van der Waals surface area contributed by atoms with Gasteiger partial charge in [-0.3, -0.25) is 0 Å². The summed E-state index contributed by atoms with van der Waals surface area (Å²) in [4.78, 5) is 14.9. The molecule has 1 unspecified atom stereocenters. The van der Waals surface area contributed by atoms with E-state index in [9.17, 15) is 4.79 Å². The molecule has 0 aliphatic heterocycles. The van der Waals surface area contributed by atoms with Gasteiger partial charge in [-0.2, -0.15) is 0 Å². The summed E-state index contributed by atoms with van der Waals surface area (Å²) in [5, 5.41) is 9.02. The summed E-state index contributed by atoms with van der Waals surface area (Å²) in [6.45, 7) is 6.07. The Labute approximate surface area is 88.7 Å². The summed E-state index contributed by atoms with van der Waals surface area (Å²) >= 11 is 0. The predicted molar refractivity (Wildman–Crippen MR) is 54.6 cm³/mol. The van der Waals surface area contributed by atoms with Gasteiger partial charge in [0.25, 0.3) is 0 Å². The van der Waals surface area contributed by atoms with Crippen molar-refractivity contribution in [3.63, 3.8) is 0 Å². The van der Waals surface area contributed by atoms with Crippen LogP contribution in [0.15, 0.2) is 12.5 Å². The first-order chi connectivity index (χ1) is 7.07. The smallest absolute Gasteiger partial charge is 0.339 e. The van der Waals surface area contributed by atoms with Crippen LogP contribution in [0.5, 0.6) is 0 Å². The van der Waals surface area contributed by atoms with Gasteiger partial charge in [-0.05, 0) is 20.8 Å². The van der Waals surface area contributed by atoms with Crippen molar-refractivity contribution >= 4 is 5.97 Å². The number of aliphatic carboxylic acids is 1. The number of imidazole rings is 1. The molecule has 0 fully saturated rings. The highest BCUT2D eigenvalue weighted by atomic mass is 16.5. The number of carboxylic acids is 1. The number of hydrogen-bond acceptors (Lipinski definition) is 3. The van der Waals surface area contributed by atoms with Gasteiger partial charge in [0.05, 0.1) is 18.2 Å². The van der Waals surface area contributed by atoms with E-state index < -0.39 is 12.1 Å². The minimum Gasteiger partial charge on any atom is -0.479 e. The van der Waals surface area contributed by atoms with Crippen LogP contribution in [-0.2, 0) is 9.53 Å². The second-order valence-corrected chi connectivity index (χ2v) is 3.49. The number of carboxylic acid groups (broad SMARTS) is 1. The first-order valence-corrected chi connectivity index (χ1v) is 4.94. The molecule has 1 atom stereocenters. The molecule has 1 N–H and O–H groups in total. The normalized spacial score (nSPS) is 13.1. The van der Waals surface area contributed by atoms with Crippen LogP contribution in [0.4, 0.5) is 0 Å². The molecule has 0 radical (unpaired) electrons. The van der Waals surface area contributed by atoms with Crippen LogP contribution in [-0.4, -0.2) is 27.2 Å². The van der Waals surface area contributed by atoms with E-state index in [0.29, 0.717) is 12.3 Å². The zero-order valence-electron chi connectivity index (χ0n) is 9.17. The van der Waals surface area contributed by atoms with Crippen molar-refractivity contribution in [2.45, 2.75) is 32.9 Å². The molecule has 1 aromatic rings. The maximum absolute atomic E-state index is 11.0. The molecule has 1 aromatic heterocycles. The Kier molecular flexibility index (Phi) is 3.85. The molecule has 5 nitrogen and oxygen atoms in total. The van der Waals surface area contributed by atoms with Gasteiger partial charge >= 0.3 is 5.97 Å². The monoisotopic (exact) mass is 212 g/mol. The first kappa shape index (κ1) is 11.7. The van der Waals surface area contributed by atoms with E-state index in [2.05, 4.69) is 4.98 Å². The summed E-state index contributed by atoms with van der Waals surface area (Å²) in [5.74, 6) is -0.987. The third-order valence-corrected chi connectivity index (χ3v) is 2.08. The van der Waals surface area contributed by atoms with E-state index in [1.807, 2.05) is 13.8 Å². The fourth-order valence-electron chi connectivity index (χ4n) is 1.40. The highest BCUT2D eigenvalue weighted by molar-refractivity contribution is 5.73. The van der Waals surface area contributed by atoms with Gasteiger partial charge in [-0.1, -0.05) is 0 Å². The van der Waals surface area contributed by atoms with E-state index in [4.69, 9.17) is 9.84 Å². The highest BCUT2D eigenvalue weighted by Gasteiger charge is 2.24. The maximum atomic E-state index is 11.0. The summed E-state index contributed by atoms with van der Waals surface area (Å²) in [7, 11) is 0. The molecule has 0 aromatic carbocycles. The van der Waals surface area contributed by atoms with Gasteiger partial charge < -0.3 is 14.4 Å². The van der Waals surface area contributed by atoms with Crippen molar-refractivity contribution < 1.29 is 14.6 Å². The zero-order chi connectivity index (χ0) is 11.4. The Balaban J connectivity index is 3.00. The average molecular weight is 212 g/mol. The van der Waals surface area contributed by atoms with Crippen LogP contribution in [0.1, 0.15) is 38.6 Å². The number of ether oxygens (including phenoxy) is 1. The van der Waals surface area contributed by atoms with Crippen molar-refractivity contribution in [2.24, 2.45) is 0 Å². The Morgan fingerprint density at radius 2 is 2.33 bits per heavy atom. The fourth-order valence-corrected chi connectivity index (χ4v) is 1.40. The van der Waals surface area contributed by atoms with E-state index in [-0.39, 0.29) is 6.04 Å². The van der Waals surface area contributed by atoms with Gasteiger partial charge in [0.15, 0.2) is 6.10 Å². The van der Waals surface area contributed by atoms with Crippen LogP contribution in [0.25, 0.3) is 0 Å². The van der Waals surface area contributed by atoms with Crippen LogP contribution < -0.4 is 0 Å². The number of hydrogen-bond donors (Lipinski definition) is 1. The molecule has 0 spiro atoms. The van der Waals surface area contributed by atoms with E-state index in [1.54, 1.807) is 17.8 Å². The summed E-state index contributed by atoms with van der Waals surface area (Å²) in [6, 6.07) is 0.171. The fraction of sp³-hybridized carbons (Fsp3) is 0.600.